The Labute approximate surface area is 118 Å². The average molecular weight is 257 g/mol. The summed E-state index contributed by atoms with van der Waals surface area (Å²) >= 11 is 0. The molecular formula is C18H27N. The average Bonchev–Trinajstić information content (AvgIpc) is 2.78. The first kappa shape index (κ1) is 14.2. The lowest BCUT2D eigenvalue weighted by molar-refractivity contribution is 0.252. The van der Waals surface area contributed by atoms with E-state index >= 15 is 0 Å². The number of benzene rings is 1. The number of hydrogen-bond acceptors (Lipinski definition) is 1. The zero-order chi connectivity index (χ0) is 13.9. The van der Waals surface area contributed by atoms with E-state index < -0.39 is 0 Å². The maximum atomic E-state index is 2.63. The van der Waals surface area contributed by atoms with E-state index in [1.807, 2.05) is 0 Å². The Balaban J connectivity index is 2.19. The van der Waals surface area contributed by atoms with Crippen LogP contribution in [0.15, 0.2) is 36.4 Å². The maximum absolute atomic E-state index is 2.63. The Morgan fingerprint density at radius 2 is 1.95 bits per heavy atom. The smallest absolute Gasteiger partial charge is 0.0398 e. The van der Waals surface area contributed by atoms with Crippen LogP contribution in [0.5, 0.6) is 0 Å². The molecule has 1 aliphatic rings. The standard InChI is InChI=1S/C18H27N/c1-5-17(15-10-7-6-8-11-15)19-13-9-12-16(19)14-18(2,3)4/h5-8,10-11,16H,9,12-14H2,1-4H3/b17-5-/t16-/m1/s1. The summed E-state index contributed by atoms with van der Waals surface area (Å²) in [5.74, 6) is 0. The van der Waals surface area contributed by atoms with Crippen molar-refractivity contribution in [2.45, 2.75) is 53.0 Å². The molecule has 1 atom stereocenters. The van der Waals surface area contributed by atoms with Gasteiger partial charge in [0.25, 0.3) is 0 Å². The molecule has 2 rings (SSSR count). The number of hydrogen-bond donors (Lipinski definition) is 0. The van der Waals surface area contributed by atoms with Crippen molar-refractivity contribution in [1.82, 2.24) is 4.90 Å². The van der Waals surface area contributed by atoms with Crippen molar-refractivity contribution < 1.29 is 0 Å². The second-order valence-electron chi connectivity index (χ2n) is 6.79. The van der Waals surface area contributed by atoms with E-state index in [1.54, 1.807) is 0 Å². The topological polar surface area (TPSA) is 3.24 Å². The molecule has 0 saturated carbocycles. The van der Waals surface area contributed by atoms with Gasteiger partial charge in [-0.15, -0.1) is 0 Å². The molecule has 0 bridgehead atoms. The second-order valence-corrected chi connectivity index (χ2v) is 6.79. The summed E-state index contributed by atoms with van der Waals surface area (Å²) in [6, 6.07) is 11.5. The molecule has 0 amide bonds. The van der Waals surface area contributed by atoms with E-state index in [0.717, 1.165) is 0 Å². The summed E-state index contributed by atoms with van der Waals surface area (Å²) in [7, 11) is 0. The van der Waals surface area contributed by atoms with Crippen LogP contribution in [0.4, 0.5) is 0 Å². The van der Waals surface area contributed by atoms with E-state index in [4.69, 9.17) is 0 Å². The van der Waals surface area contributed by atoms with Crippen LogP contribution in [0, 0.1) is 5.41 Å². The van der Waals surface area contributed by atoms with Gasteiger partial charge in [-0.3, -0.25) is 0 Å². The summed E-state index contributed by atoms with van der Waals surface area (Å²) in [6.45, 7) is 10.4. The molecule has 1 heterocycles. The van der Waals surface area contributed by atoms with Gasteiger partial charge in [-0.25, -0.2) is 0 Å². The minimum atomic E-state index is 0.406. The Hall–Kier alpha value is -1.24. The van der Waals surface area contributed by atoms with Crippen molar-refractivity contribution in [3.63, 3.8) is 0 Å². The molecule has 1 aliphatic heterocycles. The summed E-state index contributed by atoms with van der Waals surface area (Å²) in [5, 5.41) is 0. The number of rotatable bonds is 3. The Morgan fingerprint density at radius 3 is 2.53 bits per heavy atom. The van der Waals surface area contributed by atoms with Crippen molar-refractivity contribution in [1.29, 1.82) is 0 Å². The molecule has 0 spiro atoms. The fourth-order valence-corrected chi connectivity index (χ4v) is 3.18. The number of likely N-dealkylation sites (tertiary alicyclic amines) is 1. The maximum Gasteiger partial charge on any atom is 0.0398 e. The van der Waals surface area contributed by atoms with E-state index in [9.17, 15) is 0 Å². The van der Waals surface area contributed by atoms with E-state index in [-0.39, 0.29) is 0 Å². The lowest BCUT2D eigenvalue weighted by atomic mass is 9.87. The van der Waals surface area contributed by atoms with Gasteiger partial charge in [0, 0.05) is 18.3 Å². The second kappa shape index (κ2) is 5.81. The van der Waals surface area contributed by atoms with Crippen molar-refractivity contribution in [2.24, 2.45) is 5.41 Å². The van der Waals surface area contributed by atoms with Gasteiger partial charge in [-0.2, -0.15) is 0 Å². The zero-order valence-electron chi connectivity index (χ0n) is 12.8. The lowest BCUT2D eigenvalue weighted by Gasteiger charge is -2.33. The number of allylic oxidation sites excluding steroid dienone is 1. The minimum Gasteiger partial charge on any atom is -0.368 e. The van der Waals surface area contributed by atoms with Gasteiger partial charge in [-0.1, -0.05) is 57.2 Å². The zero-order valence-corrected chi connectivity index (χ0v) is 12.8. The Bertz CT molecular complexity index is 425. The highest BCUT2D eigenvalue weighted by Gasteiger charge is 2.29. The van der Waals surface area contributed by atoms with Gasteiger partial charge in [0.05, 0.1) is 0 Å². The third-order valence-corrected chi connectivity index (χ3v) is 3.88. The van der Waals surface area contributed by atoms with Crippen molar-refractivity contribution >= 4 is 5.70 Å². The molecule has 1 nitrogen and oxygen atoms in total. The molecule has 0 aromatic heterocycles. The molecule has 104 valence electrons. The first-order chi connectivity index (χ1) is 9.01. The Morgan fingerprint density at radius 1 is 1.26 bits per heavy atom. The molecule has 1 saturated heterocycles. The van der Waals surface area contributed by atoms with E-state index in [2.05, 4.69) is 69.0 Å². The van der Waals surface area contributed by atoms with Crippen LogP contribution in [-0.4, -0.2) is 17.5 Å². The van der Waals surface area contributed by atoms with Gasteiger partial charge in [0.1, 0.15) is 0 Å². The molecule has 1 aromatic carbocycles. The van der Waals surface area contributed by atoms with Crippen molar-refractivity contribution in [3.05, 3.63) is 42.0 Å². The van der Waals surface area contributed by atoms with Crippen molar-refractivity contribution in [3.8, 4) is 0 Å². The molecular weight excluding hydrogens is 230 g/mol. The van der Waals surface area contributed by atoms with Crippen LogP contribution in [0.1, 0.15) is 52.5 Å². The van der Waals surface area contributed by atoms with Gasteiger partial charge in [-0.05, 0) is 37.2 Å². The SMILES string of the molecule is C/C=C(/c1ccccc1)N1CCC[C@@H]1CC(C)(C)C. The monoisotopic (exact) mass is 257 g/mol. The predicted octanol–water partition coefficient (Wildman–Crippen LogP) is 4.95. The largest absolute Gasteiger partial charge is 0.368 e. The summed E-state index contributed by atoms with van der Waals surface area (Å²) < 4.78 is 0. The molecule has 1 aromatic rings. The van der Waals surface area contributed by atoms with E-state index in [0.29, 0.717) is 11.5 Å². The lowest BCUT2D eigenvalue weighted by Crippen LogP contribution is -2.31. The van der Waals surface area contributed by atoms with Crippen LogP contribution in [0.3, 0.4) is 0 Å². The van der Waals surface area contributed by atoms with Gasteiger partial charge < -0.3 is 4.90 Å². The molecule has 0 N–H and O–H groups in total. The third-order valence-electron chi connectivity index (χ3n) is 3.88. The van der Waals surface area contributed by atoms with Crippen LogP contribution < -0.4 is 0 Å². The molecule has 0 aliphatic carbocycles. The minimum absolute atomic E-state index is 0.406. The third kappa shape index (κ3) is 3.62. The van der Waals surface area contributed by atoms with Gasteiger partial charge in [0.15, 0.2) is 0 Å². The molecule has 1 fully saturated rings. The van der Waals surface area contributed by atoms with Crippen molar-refractivity contribution in [2.75, 3.05) is 6.54 Å². The highest BCUT2D eigenvalue weighted by atomic mass is 15.2. The molecule has 0 unspecified atom stereocenters. The van der Waals surface area contributed by atoms with Crippen LogP contribution in [0.25, 0.3) is 5.70 Å². The van der Waals surface area contributed by atoms with Crippen LogP contribution in [-0.2, 0) is 0 Å². The fourth-order valence-electron chi connectivity index (χ4n) is 3.18. The predicted molar refractivity (Wildman–Crippen MR) is 83.9 cm³/mol. The van der Waals surface area contributed by atoms with E-state index in [1.165, 1.54) is 37.1 Å². The summed E-state index contributed by atoms with van der Waals surface area (Å²) in [6.07, 6.45) is 6.21. The first-order valence-electron chi connectivity index (χ1n) is 7.49. The number of nitrogens with zero attached hydrogens (tertiary/aromatic N) is 1. The van der Waals surface area contributed by atoms with Gasteiger partial charge in [0.2, 0.25) is 0 Å². The fraction of sp³-hybridized carbons (Fsp3) is 0.556. The normalized spacial score (nSPS) is 20.9. The summed E-state index contributed by atoms with van der Waals surface area (Å²) in [4.78, 5) is 2.63. The Kier molecular flexibility index (Phi) is 4.34. The quantitative estimate of drug-likeness (QED) is 0.740. The molecule has 19 heavy (non-hydrogen) atoms. The summed E-state index contributed by atoms with van der Waals surface area (Å²) in [5.41, 5.74) is 3.17. The van der Waals surface area contributed by atoms with Crippen LogP contribution in [0.2, 0.25) is 0 Å². The first-order valence-corrected chi connectivity index (χ1v) is 7.49. The van der Waals surface area contributed by atoms with Gasteiger partial charge >= 0.3 is 0 Å². The highest BCUT2D eigenvalue weighted by Crippen LogP contribution is 2.34. The molecule has 1 heteroatoms. The van der Waals surface area contributed by atoms with Crippen LogP contribution >= 0.6 is 0 Å². The molecule has 0 radical (unpaired) electrons. The highest BCUT2D eigenvalue weighted by molar-refractivity contribution is 5.64.